The van der Waals surface area contributed by atoms with E-state index in [9.17, 15) is 4.39 Å². The molecular formula is C17H17FN2O. The zero-order valence-electron chi connectivity index (χ0n) is 12.1. The highest BCUT2D eigenvalue weighted by molar-refractivity contribution is 5.33. The van der Waals surface area contributed by atoms with E-state index in [4.69, 9.17) is 10.00 Å². The average molecular weight is 284 g/mol. The summed E-state index contributed by atoms with van der Waals surface area (Å²) in [6.07, 6.45) is 0. The lowest BCUT2D eigenvalue weighted by Crippen LogP contribution is -2.19. The first kappa shape index (κ1) is 15.0. The molecule has 1 unspecified atom stereocenters. The lowest BCUT2D eigenvalue weighted by Gasteiger charge is -2.16. The summed E-state index contributed by atoms with van der Waals surface area (Å²) in [6.45, 7) is 2.47. The quantitative estimate of drug-likeness (QED) is 0.913. The van der Waals surface area contributed by atoms with E-state index in [0.29, 0.717) is 23.4 Å². The maximum absolute atomic E-state index is 14.0. The lowest BCUT2D eigenvalue weighted by atomic mass is 10.1. The summed E-state index contributed by atoms with van der Waals surface area (Å²) in [5, 5.41) is 12.1. The van der Waals surface area contributed by atoms with Gasteiger partial charge in [-0.3, -0.25) is 0 Å². The van der Waals surface area contributed by atoms with Gasteiger partial charge in [-0.2, -0.15) is 5.26 Å². The van der Waals surface area contributed by atoms with Crippen LogP contribution < -0.4 is 10.1 Å². The number of hydrogen-bond acceptors (Lipinski definition) is 3. The van der Waals surface area contributed by atoms with Gasteiger partial charge in [-0.1, -0.05) is 18.2 Å². The van der Waals surface area contributed by atoms with E-state index in [1.165, 1.54) is 13.2 Å². The highest BCUT2D eigenvalue weighted by atomic mass is 19.1. The molecule has 0 bridgehead atoms. The second-order valence-electron chi connectivity index (χ2n) is 4.80. The van der Waals surface area contributed by atoms with E-state index in [1.807, 2.05) is 25.1 Å². The van der Waals surface area contributed by atoms with Crippen LogP contribution in [0.5, 0.6) is 5.75 Å². The molecule has 0 aromatic heterocycles. The summed E-state index contributed by atoms with van der Waals surface area (Å²) < 4.78 is 19.0. The fraction of sp³-hybridized carbons (Fsp3) is 0.235. The molecule has 108 valence electrons. The Labute approximate surface area is 124 Å². The number of nitrogens with zero attached hydrogens (tertiary/aromatic N) is 1. The lowest BCUT2D eigenvalue weighted by molar-refractivity contribution is 0.409. The number of halogens is 1. The summed E-state index contributed by atoms with van der Waals surface area (Å²) in [4.78, 5) is 0. The number of ether oxygens (including phenoxy) is 1. The number of rotatable bonds is 5. The molecule has 0 aliphatic carbocycles. The van der Waals surface area contributed by atoms with Crippen LogP contribution in [0, 0.1) is 17.1 Å². The van der Waals surface area contributed by atoms with Crippen molar-refractivity contribution in [2.45, 2.75) is 19.5 Å². The van der Waals surface area contributed by atoms with E-state index in [1.54, 1.807) is 18.2 Å². The smallest absolute Gasteiger partial charge is 0.131 e. The van der Waals surface area contributed by atoms with Crippen molar-refractivity contribution in [2.24, 2.45) is 0 Å². The van der Waals surface area contributed by atoms with Gasteiger partial charge in [0.1, 0.15) is 11.6 Å². The minimum absolute atomic E-state index is 0.137. The van der Waals surface area contributed by atoms with Gasteiger partial charge < -0.3 is 10.1 Å². The molecule has 0 saturated carbocycles. The fourth-order valence-electron chi connectivity index (χ4n) is 2.12. The molecule has 0 amide bonds. The van der Waals surface area contributed by atoms with E-state index in [-0.39, 0.29) is 11.9 Å². The molecule has 3 nitrogen and oxygen atoms in total. The molecular weight excluding hydrogens is 267 g/mol. The molecule has 4 heteroatoms. The Morgan fingerprint density at radius 2 is 2.10 bits per heavy atom. The topological polar surface area (TPSA) is 45.0 Å². The second kappa shape index (κ2) is 6.87. The van der Waals surface area contributed by atoms with Crippen LogP contribution in [0.4, 0.5) is 4.39 Å². The molecule has 0 aliphatic heterocycles. The highest BCUT2D eigenvalue weighted by Gasteiger charge is 2.11. The Bertz CT molecular complexity index is 664. The van der Waals surface area contributed by atoms with Crippen molar-refractivity contribution < 1.29 is 9.13 Å². The maximum atomic E-state index is 14.0. The van der Waals surface area contributed by atoms with Gasteiger partial charge in [0, 0.05) is 24.2 Å². The van der Waals surface area contributed by atoms with Crippen LogP contribution in [-0.4, -0.2) is 7.11 Å². The van der Waals surface area contributed by atoms with Crippen LogP contribution in [0.3, 0.4) is 0 Å². The van der Waals surface area contributed by atoms with E-state index in [0.717, 1.165) is 5.56 Å². The number of benzene rings is 2. The van der Waals surface area contributed by atoms with Crippen LogP contribution in [0.25, 0.3) is 0 Å². The van der Waals surface area contributed by atoms with Gasteiger partial charge in [-0.15, -0.1) is 0 Å². The fourth-order valence-corrected chi connectivity index (χ4v) is 2.12. The zero-order chi connectivity index (χ0) is 15.2. The summed E-state index contributed by atoms with van der Waals surface area (Å²) in [5.74, 6) is 0.213. The standard InChI is InChI=1S/C17H17FN2O/c1-12(16-7-6-15(21-2)9-17(16)18)20-11-14-5-3-4-13(8-14)10-19/h3-9,12,20H,11H2,1-2H3. The van der Waals surface area contributed by atoms with Gasteiger partial charge in [0.15, 0.2) is 0 Å². The Balaban J connectivity index is 2.04. The highest BCUT2D eigenvalue weighted by Crippen LogP contribution is 2.22. The van der Waals surface area contributed by atoms with Crippen LogP contribution in [-0.2, 0) is 6.54 Å². The zero-order valence-corrected chi connectivity index (χ0v) is 12.1. The minimum Gasteiger partial charge on any atom is -0.497 e. The number of nitriles is 1. The van der Waals surface area contributed by atoms with Crippen molar-refractivity contribution in [1.29, 1.82) is 5.26 Å². The molecule has 2 rings (SSSR count). The SMILES string of the molecule is COc1ccc(C(C)NCc2cccc(C#N)c2)c(F)c1. The monoisotopic (exact) mass is 284 g/mol. The largest absolute Gasteiger partial charge is 0.497 e. The van der Waals surface area contributed by atoms with Crippen molar-refractivity contribution >= 4 is 0 Å². The van der Waals surface area contributed by atoms with Crippen molar-refractivity contribution in [1.82, 2.24) is 5.32 Å². The molecule has 0 heterocycles. The molecule has 0 spiro atoms. The number of nitrogens with one attached hydrogen (secondary N) is 1. The van der Waals surface area contributed by atoms with Crippen molar-refractivity contribution in [3.63, 3.8) is 0 Å². The normalized spacial score (nSPS) is 11.7. The predicted octanol–water partition coefficient (Wildman–Crippen LogP) is 3.56. The molecule has 1 atom stereocenters. The van der Waals surface area contributed by atoms with Crippen molar-refractivity contribution in [3.8, 4) is 11.8 Å². The summed E-state index contributed by atoms with van der Waals surface area (Å²) >= 11 is 0. The van der Waals surface area contributed by atoms with Gasteiger partial charge in [0.25, 0.3) is 0 Å². The Kier molecular flexibility index (Phi) is 4.91. The molecule has 2 aromatic rings. The van der Waals surface area contributed by atoms with Crippen LogP contribution in [0.2, 0.25) is 0 Å². The molecule has 0 fully saturated rings. The van der Waals surface area contributed by atoms with Crippen LogP contribution in [0.1, 0.15) is 29.7 Å². The number of methoxy groups -OCH3 is 1. The molecule has 21 heavy (non-hydrogen) atoms. The van der Waals surface area contributed by atoms with Crippen molar-refractivity contribution in [2.75, 3.05) is 7.11 Å². The molecule has 2 aromatic carbocycles. The van der Waals surface area contributed by atoms with Crippen molar-refractivity contribution in [3.05, 3.63) is 65.0 Å². The second-order valence-corrected chi connectivity index (χ2v) is 4.80. The first-order valence-electron chi connectivity index (χ1n) is 6.70. The number of hydrogen-bond donors (Lipinski definition) is 1. The Morgan fingerprint density at radius 3 is 2.76 bits per heavy atom. The molecule has 1 N–H and O–H groups in total. The molecule has 0 radical (unpaired) electrons. The van der Waals surface area contributed by atoms with Gasteiger partial charge in [0.2, 0.25) is 0 Å². The van der Waals surface area contributed by atoms with Gasteiger partial charge in [-0.05, 0) is 30.7 Å². The first-order valence-corrected chi connectivity index (χ1v) is 6.70. The van der Waals surface area contributed by atoms with Gasteiger partial charge in [-0.25, -0.2) is 4.39 Å². The minimum atomic E-state index is -0.292. The maximum Gasteiger partial charge on any atom is 0.131 e. The van der Waals surface area contributed by atoms with E-state index < -0.39 is 0 Å². The van der Waals surface area contributed by atoms with Crippen LogP contribution >= 0.6 is 0 Å². The third-order valence-electron chi connectivity index (χ3n) is 3.34. The average Bonchev–Trinajstić information content (AvgIpc) is 2.52. The Hall–Kier alpha value is -2.38. The van der Waals surface area contributed by atoms with E-state index >= 15 is 0 Å². The van der Waals surface area contributed by atoms with Gasteiger partial charge in [0.05, 0.1) is 18.7 Å². The summed E-state index contributed by atoms with van der Waals surface area (Å²) in [6, 6.07) is 14.2. The van der Waals surface area contributed by atoms with Gasteiger partial charge >= 0.3 is 0 Å². The third kappa shape index (κ3) is 3.80. The Morgan fingerprint density at radius 1 is 1.29 bits per heavy atom. The van der Waals surface area contributed by atoms with Crippen LogP contribution in [0.15, 0.2) is 42.5 Å². The third-order valence-corrected chi connectivity index (χ3v) is 3.34. The van der Waals surface area contributed by atoms with E-state index in [2.05, 4.69) is 11.4 Å². The predicted molar refractivity (Wildman–Crippen MR) is 79.4 cm³/mol. The summed E-state index contributed by atoms with van der Waals surface area (Å²) in [5.41, 5.74) is 2.21. The first-order chi connectivity index (χ1) is 10.1. The summed E-state index contributed by atoms with van der Waals surface area (Å²) in [7, 11) is 1.51. The molecule has 0 saturated heterocycles. The molecule has 0 aliphatic rings.